The second kappa shape index (κ2) is 5.79. The highest BCUT2D eigenvalue weighted by Crippen LogP contribution is 2.36. The van der Waals surface area contributed by atoms with Gasteiger partial charge in [0.15, 0.2) is 0 Å². The number of hydrogen-bond acceptors (Lipinski definition) is 5. The second-order valence-electron chi connectivity index (χ2n) is 6.53. The summed E-state index contributed by atoms with van der Waals surface area (Å²) in [5.74, 6) is 0.582. The second-order valence-corrected chi connectivity index (χ2v) is 6.53. The van der Waals surface area contributed by atoms with E-state index in [2.05, 4.69) is 27.8 Å². The van der Waals surface area contributed by atoms with Gasteiger partial charge < -0.3 is 9.80 Å². The Morgan fingerprint density at radius 2 is 1.88 bits per heavy atom. The Balaban J connectivity index is 1.49. The third kappa shape index (κ3) is 2.49. The summed E-state index contributed by atoms with van der Waals surface area (Å²) in [4.78, 5) is 20.7. The lowest BCUT2D eigenvalue weighted by molar-refractivity contribution is 0.0706. The lowest BCUT2D eigenvalue weighted by Crippen LogP contribution is -2.46. The van der Waals surface area contributed by atoms with E-state index in [1.54, 1.807) is 17.6 Å². The van der Waals surface area contributed by atoms with Crippen molar-refractivity contribution >= 4 is 17.4 Å². The number of pyridine rings is 1. The summed E-state index contributed by atoms with van der Waals surface area (Å²) >= 11 is 0. The number of anilines is 2. The van der Waals surface area contributed by atoms with E-state index in [0.29, 0.717) is 17.6 Å². The van der Waals surface area contributed by atoms with Crippen molar-refractivity contribution in [3.8, 4) is 0 Å². The third-order valence-corrected chi connectivity index (χ3v) is 5.00. The Morgan fingerprint density at radius 1 is 1.17 bits per heavy atom. The SMILES string of the molecule is Cc1ccnc(N2C[C@H]3C[C@@H]2CN3c2ccc(C(=O)NO)cc2)c1. The number of nitrogens with one attached hydrogen (secondary N) is 1. The van der Waals surface area contributed by atoms with Crippen LogP contribution in [0.3, 0.4) is 0 Å². The van der Waals surface area contributed by atoms with Gasteiger partial charge in [0.25, 0.3) is 5.91 Å². The van der Waals surface area contributed by atoms with E-state index in [9.17, 15) is 4.79 Å². The molecule has 1 aromatic heterocycles. The molecule has 1 amide bonds. The fraction of sp³-hybridized carbons (Fsp3) is 0.333. The van der Waals surface area contributed by atoms with Gasteiger partial charge in [0.05, 0.1) is 6.04 Å². The highest BCUT2D eigenvalue weighted by Gasteiger charge is 2.43. The van der Waals surface area contributed by atoms with E-state index in [1.807, 2.05) is 24.4 Å². The number of carbonyl (C=O) groups is 1. The zero-order chi connectivity index (χ0) is 16.7. The maximum atomic E-state index is 11.4. The number of hydrogen-bond donors (Lipinski definition) is 2. The summed E-state index contributed by atoms with van der Waals surface area (Å²) in [5, 5.41) is 8.69. The van der Waals surface area contributed by atoms with Crippen molar-refractivity contribution in [1.82, 2.24) is 10.5 Å². The minimum atomic E-state index is -0.485. The molecule has 2 bridgehead atoms. The molecule has 0 saturated carbocycles. The zero-order valence-electron chi connectivity index (χ0n) is 13.5. The molecule has 6 heteroatoms. The van der Waals surface area contributed by atoms with Gasteiger partial charge in [-0.05, 0) is 55.3 Å². The Kier molecular flexibility index (Phi) is 3.61. The topological polar surface area (TPSA) is 68.7 Å². The predicted octanol–water partition coefficient (Wildman–Crippen LogP) is 1.98. The maximum Gasteiger partial charge on any atom is 0.274 e. The molecular weight excluding hydrogens is 304 g/mol. The van der Waals surface area contributed by atoms with Crippen LogP contribution in [0.15, 0.2) is 42.6 Å². The molecule has 2 N–H and O–H groups in total. The van der Waals surface area contributed by atoms with Crippen LogP contribution < -0.4 is 15.3 Å². The highest BCUT2D eigenvalue weighted by molar-refractivity contribution is 5.93. The summed E-state index contributed by atoms with van der Waals surface area (Å²) in [6, 6.07) is 12.5. The molecule has 0 unspecified atom stereocenters. The van der Waals surface area contributed by atoms with Crippen LogP contribution >= 0.6 is 0 Å². The Labute approximate surface area is 140 Å². The fourth-order valence-corrected chi connectivity index (χ4v) is 3.81. The van der Waals surface area contributed by atoms with Crippen LogP contribution in [0, 0.1) is 6.92 Å². The van der Waals surface area contributed by atoms with Crippen molar-refractivity contribution in [2.45, 2.75) is 25.4 Å². The molecule has 124 valence electrons. The number of fused-ring (bicyclic) bond motifs is 2. The number of benzene rings is 1. The van der Waals surface area contributed by atoms with E-state index in [0.717, 1.165) is 31.0 Å². The molecule has 4 rings (SSSR count). The third-order valence-electron chi connectivity index (χ3n) is 5.00. The first kappa shape index (κ1) is 15.0. The summed E-state index contributed by atoms with van der Waals surface area (Å²) in [7, 11) is 0. The molecule has 2 aliphatic rings. The van der Waals surface area contributed by atoms with Crippen LogP contribution in [0.4, 0.5) is 11.5 Å². The van der Waals surface area contributed by atoms with Gasteiger partial charge in [0.1, 0.15) is 5.82 Å². The van der Waals surface area contributed by atoms with Crippen LogP contribution in [0.2, 0.25) is 0 Å². The molecule has 2 fully saturated rings. The first-order chi connectivity index (χ1) is 11.7. The Hall–Kier alpha value is -2.60. The van der Waals surface area contributed by atoms with Gasteiger partial charge in [-0.3, -0.25) is 10.0 Å². The summed E-state index contributed by atoms with van der Waals surface area (Å²) in [5.41, 5.74) is 4.47. The average molecular weight is 324 g/mol. The number of rotatable bonds is 3. The van der Waals surface area contributed by atoms with Gasteiger partial charge >= 0.3 is 0 Å². The predicted molar refractivity (Wildman–Crippen MR) is 91.6 cm³/mol. The largest absolute Gasteiger partial charge is 0.365 e. The van der Waals surface area contributed by atoms with Gasteiger partial charge in [-0.1, -0.05) is 0 Å². The van der Waals surface area contributed by atoms with Crippen LogP contribution in [0.25, 0.3) is 0 Å². The number of piperazine rings is 1. The van der Waals surface area contributed by atoms with E-state index < -0.39 is 5.91 Å². The fourth-order valence-electron chi connectivity index (χ4n) is 3.81. The van der Waals surface area contributed by atoms with E-state index >= 15 is 0 Å². The molecule has 2 aromatic rings. The minimum absolute atomic E-state index is 0.455. The first-order valence-corrected chi connectivity index (χ1v) is 8.16. The smallest absolute Gasteiger partial charge is 0.274 e. The molecular formula is C18H20N4O2. The molecule has 0 radical (unpaired) electrons. The van der Waals surface area contributed by atoms with Crippen molar-refractivity contribution < 1.29 is 10.0 Å². The van der Waals surface area contributed by atoms with E-state index in [1.165, 1.54) is 5.56 Å². The molecule has 2 saturated heterocycles. The van der Waals surface area contributed by atoms with Crippen LogP contribution in [0.1, 0.15) is 22.3 Å². The van der Waals surface area contributed by atoms with Crippen molar-refractivity contribution in [3.05, 3.63) is 53.7 Å². The molecule has 6 nitrogen and oxygen atoms in total. The monoisotopic (exact) mass is 324 g/mol. The van der Waals surface area contributed by atoms with E-state index in [-0.39, 0.29) is 0 Å². The standard InChI is InChI=1S/C18H20N4O2/c1-12-6-7-19-17(8-12)22-11-15-9-16(22)10-21(15)14-4-2-13(3-5-14)18(23)20-24/h2-8,15-16,24H,9-11H2,1H3,(H,20,23)/t15-,16-/m1/s1. The Bertz CT molecular complexity index is 762. The van der Waals surface area contributed by atoms with Gasteiger partial charge in [-0.15, -0.1) is 0 Å². The van der Waals surface area contributed by atoms with Crippen molar-refractivity contribution in [1.29, 1.82) is 0 Å². The number of aromatic nitrogens is 1. The quantitative estimate of drug-likeness (QED) is 0.667. The summed E-state index contributed by atoms with van der Waals surface area (Å²) in [6.45, 7) is 4.03. The molecule has 2 aliphatic heterocycles. The number of hydroxylamine groups is 1. The number of aryl methyl sites for hydroxylation is 1. The molecule has 24 heavy (non-hydrogen) atoms. The molecule has 0 spiro atoms. The lowest BCUT2D eigenvalue weighted by Gasteiger charge is -2.36. The summed E-state index contributed by atoms with van der Waals surface area (Å²) in [6.07, 6.45) is 3.01. The number of nitrogens with zero attached hydrogens (tertiary/aromatic N) is 3. The Morgan fingerprint density at radius 3 is 2.50 bits per heavy atom. The van der Waals surface area contributed by atoms with E-state index in [4.69, 9.17) is 5.21 Å². The summed E-state index contributed by atoms with van der Waals surface area (Å²) < 4.78 is 0. The van der Waals surface area contributed by atoms with Crippen molar-refractivity contribution in [2.75, 3.05) is 22.9 Å². The van der Waals surface area contributed by atoms with Crippen LogP contribution in [0.5, 0.6) is 0 Å². The molecule has 3 heterocycles. The minimum Gasteiger partial charge on any atom is -0.365 e. The van der Waals surface area contributed by atoms with Crippen molar-refractivity contribution in [2.24, 2.45) is 0 Å². The number of carbonyl (C=O) groups excluding carboxylic acids is 1. The van der Waals surface area contributed by atoms with Crippen LogP contribution in [-0.2, 0) is 0 Å². The highest BCUT2D eigenvalue weighted by atomic mass is 16.5. The first-order valence-electron chi connectivity index (χ1n) is 8.16. The number of amides is 1. The molecule has 0 aliphatic carbocycles. The van der Waals surface area contributed by atoms with Crippen LogP contribution in [-0.4, -0.2) is 41.3 Å². The molecule has 2 atom stereocenters. The zero-order valence-corrected chi connectivity index (χ0v) is 13.5. The average Bonchev–Trinajstić information content (AvgIpc) is 3.22. The lowest BCUT2D eigenvalue weighted by atomic mass is 10.1. The molecule has 1 aromatic carbocycles. The van der Waals surface area contributed by atoms with Gasteiger partial charge in [-0.2, -0.15) is 0 Å². The van der Waals surface area contributed by atoms with Crippen molar-refractivity contribution in [3.63, 3.8) is 0 Å². The van der Waals surface area contributed by atoms with Gasteiger partial charge in [0, 0.05) is 36.6 Å². The normalized spacial score (nSPS) is 22.1. The van der Waals surface area contributed by atoms with Gasteiger partial charge in [0.2, 0.25) is 0 Å². The van der Waals surface area contributed by atoms with Gasteiger partial charge in [-0.25, -0.2) is 10.5 Å². The maximum absolute atomic E-state index is 11.4.